The minimum absolute atomic E-state index is 0.0237. The number of nitrogens with two attached hydrogens (primary N) is 1. The first-order chi connectivity index (χ1) is 14.9. The summed E-state index contributed by atoms with van der Waals surface area (Å²) >= 11 is 0. The van der Waals surface area contributed by atoms with E-state index in [2.05, 4.69) is 22.3 Å². The maximum atomic E-state index is 13.0. The van der Waals surface area contributed by atoms with Gasteiger partial charge >= 0.3 is 0 Å². The van der Waals surface area contributed by atoms with Crippen LogP contribution in [0.15, 0.2) is 42.5 Å². The first kappa shape index (κ1) is 19.4. The van der Waals surface area contributed by atoms with Crippen LogP contribution in [0.5, 0.6) is 0 Å². The van der Waals surface area contributed by atoms with Crippen molar-refractivity contribution in [2.24, 2.45) is 5.73 Å². The van der Waals surface area contributed by atoms with E-state index in [1.54, 1.807) is 12.1 Å². The molecule has 1 saturated heterocycles. The van der Waals surface area contributed by atoms with Crippen molar-refractivity contribution in [1.29, 1.82) is 0 Å². The molecule has 31 heavy (non-hydrogen) atoms. The van der Waals surface area contributed by atoms with Crippen molar-refractivity contribution < 1.29 is 19.2 Å². The summed E-state index contributed by atoms with van der Waals surface area (Å²) in [6, 6.07) is 12.4. The lowest BCUT2D eigenvalue weighted by atomic mass is 9.97. The van der Waals surface area contributed by atoms with Crippen molar-refractivity contribution in [3.05, 3.63) is 64.7 Å². The van der Waals surface area contributed by atoms with Crippen LogP contribution in [0.1, 0.15) is 44.7 Å². The molecule has 8 nitrogen and oxygen atoms in total. The molecular formula is C23H22N4O4. The zero-order valence-electron chi connectivity index (χ0n) is 16.8. The Morgan fingerprint density at radius 1 is 1.00 bits per heavy atom. The van der Waals surface area contributed by atoms with Gasteiger partial charge in [-0.3, -0.25) is 29.4 Å². The van der Waals surface area contributed by atoms with Crippen molar-refractivity contribution in [3.63, 3.8) is 0 Å². The zero-order chi connectivity index (χ0) is 21.7. The number of rotatable bonds is 3. The molecule has 3 aliphatic heterocycles. The van der Waals surface area contributed by atoms with Gasteiger partial charge in [-0.25, -0.2) is 0 Å². The molecule has 3 N–H and O–H groups in total. The van der Waals surface area contributed by atoms with E-state index < -0.39 is 23.8 Å². The Morgan fingerprint density at radius 3 is 2.58 bits per heavy atom. The number of nitrogens with one attached hydrogen (secondary N) is 1. The lowest BCUT2D eigenvalue weighted by Gasteiger charge is -2.34. The highest BCUT2D eigenvalue weighted by molar-refractivity contribution is 6.23. The Kier molecular flexibility index (Phi) is 4.59. The number of nitrogens with zero attached hydrogens (tertiary/aromatic N) is 2. The third-order valence-electron chi connectivity index (χ3n) is 6.15. The standard InChI is InChI=1S/C23H22N4O4/c24-15-10-14-3-1-2-4-18(14)26(12-15)11-13-5-6-16-17(9-13)23(31)27(22(16)30)19-7-8-20(28)25-21(19)29/h1-6,9,15,19H,7-8,10-12,24H2,(H,25,28,29). The smallest absolute Gasteiger partial charge is 0.262 e. The minimum atomic E-state index is -0.958. The summed E-state index contributed by atoms with van der Waals surface area (Å²) in [6.45, 7) is 1.25. The molecule has 0 saturated carbocycles. The van der Waals surface area contributed by atoms with Gasteiger partial charge in [0.25, 0.3) is 11.8 Å². The number of para-hydroxylation sites is 1. The second-order valence-corrected chi connectivity index (χ2v) is 8.30. The highest BCUT2D eigenvalue weighted by atomic mass is 16.2. The number of amides is 4. The quantitative estimate of drug-likeness (QED) is 0.719. The third-order valence-corrected chi connectivity index (χ3v) is 6.15. The van der Waals surface area contributed by atoms with E-state index in [4.69, 9.17) is 5.73 Å². The molecule has 158 valence electrons. The van der Waals surface area contributed by atoms with E-state index >= 15 is 0 Å². The lowest BCUT2D eigenvalue weighted by Crippen LogP contribution is -2.54. The third kappa shape index (κ3) is 3.29. The van der Waals surface area contributed by atoms with Crippen LogP contribution in [0, 0.1) is 0 Å². The highest BCUT2D eigenvalue weighted by Gasteiger charge is 2.44. The Balaban J connectivity index is 1.41. The molecule has 4 amide bonds. The number of anilines is 1. The number of benzene rings is 2. The van der Waals surface area contributed by atoms with Crippen LogP contribution in [0.2, 0.25) is 0 Å². The second-order valence-electron chi connectivity index (χ2n) is 8.30. The number of fused-ring (bicyclic) bond motifs is 2. The molecule has 0 bridgehead atoms. The van der Waals surface area contributed by atoms with Crippen LogP contribution < -0.4 is 16.0 Å². The summed E-state index contributed by atoms with van der Waals surface area (Å²) in [5.41, 5.74) is 10.0. The molecule has 0 aromatic heterocycles. The number of hydrogen-bond donors (Lipinski definition) is 2. The van der Waals surface area contributed by atoms with Gasteiger partial charge in [0.2, 0.25) is 11.8 Å². The molecule has 5 rings (SSSR count). The van der Waals surface area contributed by atoms with Gasteiger partial charge in [-0.2, -0.15) is 0 Å². The van der Waals surface area contributed by atoms with Gasteiger partial charge in [-0.1, -0.05) is 24.3 Å². The topological polar surface area (TPSA) is 113 Å². The number of hydrogen-bond acceptors (Lipinski definition) is 6. The summed E-state index contributed by atoms with van der Waals surface area (Å²) in [6.07, 6.45) is 1.07. The van der Waals surface area contributed by atoms with Gasteiger partial charge in [0.15, 0.2) is 0 Å². The van der Waals surface area contributed by atoms with Crippen LogP contribution in [0.25, 0.3) is 0 Å². The molecule has 2 aromatic rings. The molecule has 0 aliphatic carbocycles. The van der Waals surface area contributed by atoms with Crippen molar-refractivity contribution in [3.8, 4) is 0 Å². The highest BCUT2D eigenvalue weighted by Crippen LogP contribution is 2.31. The SMILES string of the molecule is NC1Cc2ccccc2N(Cc2ccc3c(c2)C(=O)N(C2CCC(=O)NC2=O)C3=O)C1. The van der Waals surface area contributed by atoms with Crippen molar-refractivity contribution in [2.45, 2.75) is 37.9 Å². The largest absolute Gasteiger partial charge is 0.365 e. The van der Waals surface area contributed by atoms with E-state index in [0.717, 1.165) is 22.6 Å². The van der Waals surface area contributed by atoms with E-state index in [9.17, 15) is 19.2 Å². The normalized spacial score (nSPS) is 23.0. The van der Waals surface area contributed by atoms with Crippen molar-refractivity contribution in [2.75, 3.05) is 11.4 Å². The van der Waals surface area contributed by atoms with Gasteiger partial charge in [-0.05, 0) is 42.2 Å². The molecule has 2 atom stereocenters. The fourth-order valence-electron chi connectivity index (χ4n) is 4.71. The molecule has 2 aromatic carbocycles. The van der Waals surface area contributed by atoms with Crippen LogP contribution >= 0.6 is 0 Å². The Bertz CT molecular complexity index is 1130. The fourth-order valence-corrected chi connectivity index (χ4v) is 4.71. The Hall–Kier alpha value is -3.52. The zero-order valence-corrected chi connectivity index (χ0v) is 16.8. The van der Waals surface area contributed by atoms with Gasteiger partial charge in [0.1, 0.15) is 6.04 Å². The first-order valence-corrected chi connectivity index (χ1v) is 10.4. The van der Waals surface area contributed by atoms with E-state index in [1.807, 2.05) is 18.2 Å². The van der Waals surface area contributed by atoms with Crippen molar-refractivity contribution >= 4 is 29.3 Å². The molecule has 1 fully saturated rings. The van der Waals surface area contributed by atoms with Gasteiger partial charge < -0.3 is 10.6 Å². The monoisotopic (exact) mass is 418 g/mol. The van der Waals surface area contributed by atoms with Crippen LogP contribution in [-0.2, 0) is 22.6 Å². The molecule has 2 unspecified atom stereocenters. The maximum Gasteiger partial charge on any atom is 0.262 e. The number of imide groups is 2. The van der Waals surface area contributed by atoms with E-state index in [0.29, 0.717) is 18.7 Å². The molecule has 0 radical (unpaired) electrons. The molecule has 8 heteroatoms. The van der Waals surface area contributed by atoms with Crippen LogP contribution in [-0.4, -0.2) is 47.2 Å². The summed E-state index contributed by atoms with van der Waals surface area (Å²) < 4.78 is 0. The second kappa shape index (κ2) is 7.31. The van der Waals surface area contributed by atoms with Gasteiger partial charge in [0, 0.05) is 31.2 Å². The molecule has 3 heterocycles. The van der Waals surface area contributed by atoms with Crippen LogP contribution in [0.4, 0.5) is 5.69 Å². The summed E-state index contributed by atoms with van der Waals surface area (Å²) in [5.74, 6) is -1.98. The summed E-state index contributed by atoms with van der Waals surface area (Å²) in [4.78, 5) is 52.7. The number of piperidine rings is 1. The first-order valence-electron chi connectivity index (χ1n) is 10.4. The maximum absolute atomic E-state index is 13.0. The molecule has 0 spiro atoms. The fraction of sp³-hybridized carbons (Fsp3) is 0.304. The van der Waals surface area contributed by atoms with Gasteiger partial charge in [-0.15, -0.1) is 0 Å². The average molecular weight is 418 g/mol. The van der Waals surface area contributed by atoms with Gasteiger partial charge in [0.05, 0.1) is 11.1 Å². The summed E-state index contributed by atoms with van der Waals surface area (Å²) in [5, 5.41) is 2.21. The number of carbonyl (C=O) groups excluding carboxylic acids is 4. The summed E-state index contributed by atoms with van der Waals surface area (Å²) in [7, 11) is 0. The van der Waals surface area contributed by atoms with Crippen LogP contribution in [0.3, 0.4) is 0 Å². The predicted octanol–water partition coefficient (Wildman–Crippen LogP) is 0.978. The van der Waals surface area contributed by atoms with E-state index in [-0.39, 0.29) is 30.4 Å². The predicted molar refractivity (Wildman–Crippen MR) is 112 cm³/mol. The van der Waals surface area contributed by atoms with Crippen molar-refractivity contribution in [1.82, 2.24) is 10.2 Å². The Morgan fingerprint density at radius 2 is 1.77 bits per heavy atom. The minimum Gasteiger partial charge on any atom is -0.365 e. The molecular weight excluding hydrogens is 396 g/mol. The number of carbonyl (C=O) groups is 4. The van der Waals surface area contributed by atoms with E-state index in [1.165, 1.54) is 5.56 Å². The Labute approximate surface area is 179 Å². The molecule has 3 aliphatic rings. The average Bonchev–Trinajstić information content (AvgIpc) is 2.98. The lowest BCUT2D eigenvalue weighted by molar-refractivity contribution is -0.136.